The van der Waals surface area contributed by atoms with Crippen LogP contribution in [0.15, 0.2) is 36.4 Å². The minimum Gasteiger partial charge on any atom is -0.504 e. The van der Waals surface area contributed by atoms with Crippen LogP contribution in [0, 0.1) is 0 Å². The number of hydrogen-bond acceptors (Lipinski definition) is 9. The van der Waals surface area contributed by atoms with E-state index in [-0.39, 0.29) is 69.9 Å². The maximum atomic E-state index is 13.1. The standard InChI is InChI=1S/C24H25NO9/c1-5-33-23(28)19-20(24(29)34-6-2)22(14-8-10-16(27)18(12-14)32-4)25(30)21(19)13-7-9-15(26)17(11-13)31-3/h7-12,26-27,30H,5-6H2,1-4H3. The summed E-state index contributed by atoms with van der Waals surface area (Å²) in [6.07, 6.45) is 0. The van der Waals surface area contributed by atoms with Crippen LogP contribution >= 0.6 is 0 Å². The molecule has 3 rings (SSSR count). The van der Waals surface area contributed by atoms with Gasteiger partial charge >= 0.3 is 11.9 Å². The molecule has 0 radical (unpaired) electrons. The predicted molar refractivity (Wildman–Crippen MR) is 121 cm³/mol. The van der Waals surface area contributed by atoms with E-state index in [9.17, 15) is 25.0 Å². The molecular formula is C24H25NO9. The topological polar surface area (TPSA) is 137 Å². The second-order valence-corrected chi connectivity index (χ2v) is 6.97. The number of carbonyl (C=O) groups is 2. The number of hydrogen-bond donors (Lipinski definition) is 3. The van der Waals surface area contributed by atoms with Gasteiger partial charge in [-0.25, -0.2) is 9.59 Å². The van der Waals surface area contributed by atoms with Gasteiger partial charge in [-0.1, -0.05) is 0 Å². The van der Waals surface area contributed by atoms with Gasteiger partial charge in [-0.15, -0.1) is 0 Å². The Labute approximate surface area is 195 Å². The summed E-state index contributed by atoms with van der Waals surface area (Å²) < 4.78 is 21.4. The third kappa shape index (κ3) is 4.29. The Morgan fingerprint density at radius 1 is 0.765 bits per heavy atom. The van der Waals surface area contributed by atoms with Gasteiger partial charge in [-0.3, -0.25) is 0 Å². The Hall–Kier alpha value is -4.34. The first kappa shape index (κ1) is 24.3. The average molecular weight is 471 g/mol. The number of phenols is 2. The van der Waals surface area contributed by atoms with Crippen LogP contribution in [-0.4, -0.2) is 59.5 Å². The fraction of sp³-hybridized carbons (Fsp3) is 0.250. The molecule has 0 unspecified atom stereocenters. The molecule has 1 aromatic heterocycles. The van der Waals surface area contributed by atoms with Gasteiger partial charge in [0.15, 0.2) is 23.0 Å². The molecule has 0 bridgehead atoms. The van der Waals surface area contributed by atoms with Crippen molar-refractivity contribution >= 4 is 11.9 Å². The summed E-state index contributed by atoms with van der Waals surface area (Å²) in [6.45, 7) is 3.23. The van der Waals surface area contributed by atoms with Crippen LogP contribution in [0.3, 0.4) is 0 Å². The molecule has 0 atom stereocenters. The summed E-state index contributed by atoms with van der Waals surface area (Å²) in [5.74, 6) is -1.89. The second-order valence-electron chi connectivity index (χ2n) is 6.97. The van der Waals surface area contributed by atoms with E-state index in [4.69, 9.17) is 18.9 Å². The van der Waals surface area contributed by atoms with Crippen molar-refractivity contribution in [1.29, 1.82) is 0 Å². The SMILES string of the molecule is CCOC(=O)c1c(C(=O)OCC)c(-c2ccc(O)c(OC)c2)n(O)c1-c1ccc(O)c(OC)c1. The summed E-state index contributed by atoms with van der Waals surface area (Å²) in [4.78, 5) is 26.1. The Kier molecular flexibility index (Phi) is 7.20. The fourth-order valence-corrected chi connectivity index (χ4v) is 3.55. The Balaban J connectivity index is 2.45. The van der Waals surface area contributed by atoms with Crippen molar-refractivity contribution in [3.8, 4) is 45.5 Å². The van der Waals surface area contributed by atoms with Crippen LogP contribution in [0.5, 0.6) is 23.0 Å². The Morgan fingerprint density at radius 2 is 1.15 bits per heavy atom. The number of ether oxygens (including phenoxy) is 4. The van der Waals surface area contributed by atoms with Crippen molar-refractivity contribution in [2.75, 3.05) is 27.4 Å². The lowest BCUT2D eigenvalue weighted by molar-refractivity contribution is 0.0481. The van der Waals surface area contributed by atoms with E-state index in [1.54, 1.807) is 13.8 Å². The van der Waals surface area contributed by atoms with Gasteiger partial charge in [0.1, 0.15) is 22.5 Å². The molecule has 0 spiro atoms. The van der Waals surface area contributed by atoms with Crippen molar-refractivity contribution in [3.05, 3.63) is 47.5 Å². The summed E-state index contributed by atoms with van der Waals surface area (Å²) in [7, 11) is 2.70. The molecule has 0 saturated heterocycles. The number of aromatic nitrogens is 1. The minimum atomic E-state index is -0.868. The summed E-state index contributed by atoms with van der Waals surface area (Å²) in [6, 6.07) is 8.33. The van der Waals surface area contributed by atoms with Crippen molar-refractivity contribution in [2.45, 2.75) is 13.8 Å². The Morgan fingerprint density at radius 3 is 1.47 bits per heavy atom. The lowest BCUT2D eigenvalue weighted by atomic mass is 10.0. The zero-order valence-electron chi connectivity index (χ0n) is 19.1. The summed E-state index contributed by atoms with van der Waals surface area (Å²) in [5, 5.41) is 31.3. The Bertz CT molecular complexity index is 1140. The van der Waals surface area contributed by atoms with Gasteiger partial charge < -0.3 is 34.4 Å². The molecule has 180 valence electrons. The highest BCUT2D eigenvalue weighted by atomic mass is 16.5. The number of phenolic OH excluding ortho intramolecular Hbond substituents is 2. The first-order valence-electron chi connectivity index (χ1n) is 10.4. The number of benzene rings is 2. The number of methoxy groups -OCH3 is 2. The van der Waals surface area contributed by atoms with Crippen molar-refractivity contribution in [1.82, 2.24) is 4.73 Å². The molecule has 0 saturated carbocycles. The highest BCUT2D eigenvalue weighted by molar-refractivity contribution is 6.12. The van der Waals surface area contributed by atoms with Gasteiger partial charge in [0.05, 0.1) is 27.4 Å². The highest BCUT2D eigenvalue weighted by Crippen LogP contribution is 2.41. The zero-order chi connectivity index (χ0) is 25.0. The van der Waals surface area contributed by atoms with Crippen LogP contribution < -0.4 is 9.47 Å². The maximum absolute atomic E-state index is 13.1. The van der Waals surface area contributed by atoms with Crippen molar-refractivity contribution in [3.63, 3.8) is 0 Å². The average Bonchev–Trinajstić information content (AvgIpc) is 3.13. The molecule has 1 heterocycles. The van der Waals surface area contributed by atoms with Gasteiger partial charge in [0.25, 0.3) is 0 Å². The van der Waals surface area contributed by atoms with Crippen molar-refractivity contribution < 1.29 is 44.0 Å². The molecule has 3 N–H and O–H groups in total. The molecule has 0 amide bonds. The zero-order valence-corrected chi connectivity index (χ0v) is 19.1. The first-order chi connectivity index (χ1) is 16.3. The van der Waals surface area contributed by atoms with Crippen molar-refractivity contribution in [2.24, 2.45) is 0 Å². The van der Waals surface area contributed by atoms with Crippen LogP contribution in [0.4, 0.5) is 0 Å². The third-order valence-electron chi connectivity index (χ3n) is 5.01. The molecule has 0 fully saturated rings. The molecule has 10 nitrogen and oxygen atoms in total. The number of rotatable bonds is 8. The molecule has 0 aliphatic carbocycles. The molecular weight excluding hydrogens is 446 g/mol. The van der Waals surface area contributed by atoms with E-state index in [0.717, 1.165) is 0 Å². The lowest BCUT2D eigenvalue weighted by Crippen LogP contribution is -2.13. The van der Waals surface area contributed by atoms with Crippen LogP contribution in [0.1, 0.15) is 34.6 Å². The van der Waals surface area contributed by atoms with E-state index < -0.39 is 11.9 Å². The number of esters is 2. The molecule has 0 aliphatic rings. The maximum Gasteiger partial charge on any atom is 0.341 e. The van der Waals surface area contributed by atoms with Crippen LogP contribution in [-0.2, 0) is 9.47 Å². The molecule has 34 heavy (non-hydrogen) atoms. The number of nitrogens with zero attached hydrogens (tertiary/aromatic N) is 1. The molecule has 10 heteroatoms. The largest absolute Gasteiger partial charge is 0.504 e. The number of aromatic hydroxyl groups is 2. The van der Waals surface area contributed by atoms with Gasteiger partial charge in [0.2, 0.25) is 0 Å². The van der Waals surface area contributed by atoms with E-state index in [1.807, 2.05) is 0 Å². The van der Waals surface area contributed by atoms with E-state index in [1.165, 1.54) is 50.6 Å². The van der Waals surface area contributed by atoms with E-state index in [0.29, 0.717) is 4.73 Å². The van der Waals surface area contributed by atoms with Crippen LogP contribution in [0.25, 0.3) is 22.5 Å². The monoisotopic (exact) mass is 471 g/mol. The van der Waals surface area contributed by atoms with Gasteiger partial charge in [0, 0.05) is 11.1 Å². The van der Waals surface area contributed by atoms with E-state index >= 15 is 0 Å². The summed E-state index contributed by atoms with van der Waals surface area (Å²) in [5.41, 5.74) is -0.135. The molecule has 0 aliphatic heterocycles. The second kappa shape index (κ2) is 10.1. The quantitative estimate of drug-likeness (QED) is 0.330. The van der Waals surface area contributed by atoms with E-state index in [2.05, 4.69) is 0 Å². The van der Waals surface area contributed by atoms with Crippen LogP contribution in [0.2, 0.25) is 0 Å². The van der Waals surface area contributed by atoms with Gasteiger partial charge in [-0.2, -0.15) is 4.73 Å². The predicted octanol–water partition coefficient (Wildman–Crippen LogP) is 3.84. The minimum absolute atomic E-state index is 0.0123. The normalized spacial score (nSPS) is 10.6. The summed E-state index contributed by atoms with van der Waals surface area (Å²) >= 11 is 0. The first-order valence-corrected chi connectivity index (χ1v) is 10.4. The van der Waals surface area contributed by atoms with Gasteiger partial charge in [-0.05, 0) is 50.2 Å². The number of carbonyl (C=O) groups excluding carboxylic acids is 2. The molecule has 3 aromatic rings. The smallest absolute Gasteiger partial charge is 0.341 e. The lowest BCUT2D eigenvalue weighted by Gasteiger charge is -2.11. The third-order valence-corrected chi connectivity index (χ3v) is 5.01. The fourth-order valence-electron chi connectivity index (χ4n) is 3.55. The highest BCUT2D eigenvalue weighted by Gasteiger charge is 2.35. The molecule has 2 aromatic carbocycles.